The van der Waals surface area contributed by atoms with E-state index in [9.17, 15) is 18.0 Å². The molecule has 2 aromatic heterocycles. The minimum atomic E-state index is -4.70. The molecule has 0 saturated heterocycles. The van der Waals surface area contributed by atoms with Crippen molar-refractivity contribution < 1.29 is 23.1 Å². The monoisotopic (exact) mass is 236 g/mol. The molecular formula is C7H3F3N2O2S. The molecule has 0 aliphatic rings. The number of fused-ring (bicyclic) bond motifs is 1. The molecule has 0 aromatic carbocycles. The highest BCUT2D eigenvalue weighted by Gasteiger charge is 2.40. The number of imidazole rings is 1. The highest BCUT2D eigenvalue weighted by atomic mass is 32.1. The van der Waals surface area contributed by atoms with E-state index in [1.54, 1.807) is 0 Å². The van der Waals surface area contributed by atoms with Gasteiger partial charge in [-0.1, -0.05) is 11.3 Å². The Morgan fingerprint density at radius 2 is 2.20 bits per heavy atom. The van der Waals surface area contributed by atoms with Crippen LogP contribution in [0.25, 0.3) is 4.96 Å². The molecule has 0 fully saturated rings. The van der Waals surface area contributed by atoms with Crippen molar-refractivity contribution in [2.75, 3.05) is 0 Å². The summed E-state index contributed by atoms with van der Waals surface area (Å²) in [5.41, 5.74) is -1.19. The van der Waals surface area contributed by atoms with Gasteiger partial charge in [-0.3, -0.25) is 4.40 Å². The van der Waals surface area contributed by atoms with Gasteiger partial charge in [0.2, 0.25) is 0 Å². The molecule has 15 heavy (non-hydrogen) atoms. The van der Waals surface area contributed by atoms with Gasteiger partial charge in [-0.15, -0.1) is 0 Å². The van der Waals surface area contributed by atoms with E-state index in [4.69, 9.17) is 5.11 Å². The van der Waals surface area contributed by atoms with Crippen molar-refractivity contribution in [3.8, 4) is 0 Å². The second kappa shape index (κ2) is 2.96. The van der Waals surface area contributed by atoms with Gasteiger partial charge in [0, 0.05) is 12.4 Å². The molecule has 8 heteroatoms. The van der Waals surface area contributed by atoms with Crippen LogP contribution in [0.4, 0.5) is 13.2 Å². The summed E-state index contributed by atoms with van der Waals surface area (Å²) in [4.78, 5) is 13.5. The number of hydrogen-bond acceptors (Lipinski definition) is 3. The zero-order chi connectivity index (χ0) is 11.2. The number of nitrogens with zero attached hydrogens (tertiary/aromatic N) is 2. The molecule has 2 rings (SSSR count). The summed E-state index contributed by atoms with van der Waals surface area (Å²) in [5.74, 6) is -1.60. The number of carbonyl (C=O) groups is 1. The Hall–Kier alpha value is -1.57. The molecule has 0 atom stereocenters. The van der Waals surface area contributed by atoms with Crippen LogP contribution in [-0.2, 0) is 6.18 Å². The van der Waals surface area contributed by atoms with Gasteiger partial charge in [0.1, 0.15) is 4.88 Å². The fraction of sp³-hybridized carbons (Fsp3) is 0.143. The standard InChI is InChI=1S/C7H3F3N2O2S/c8-7(9,10)4-3(5(13)14)15-6-11-1-2-12(4)6/h1-2H,(H,13,14). The highest BCUT2D eigenvalue weighted by molar-refractivity contribution is 7.19. The molecule has 2 heterocycles. The number of aromatic nitrogens is 2. The summed E-state index contributed by atoms with van der Waals surface area (Å²) in [6.45, 7) is 0. The van der Waals surface area contributed by atoms with Gasteiger partial charge in [0.25, 0.3) is 0 Å². The fourth-order valence-corrected chi connectivity index (χ4v) is 2.14. The second-order valence-electron chi connectivity index (χ2n) is 2.66. The third-order valence-corrected chi connectivity index (χ3v) is 2.78. The molecule has 80 valence electrons. The van der Waals surface area contributed by atoms with Crippen LogP contribution in [0.15, 0.2) is 12.4 Å². The van der Waals surface area contributed by atoms with Crippen LogP contribution in [0.5, 0.6) is 0 Å². The maximum atomic E-state index is 12.5. The highest BCUT2D eigenvalue weighted by Crippen LogP contribution is 2.36. The summed E-state index contributed by atoms with van der Waals surface area (Å²) in [6.07, 6.45) is -2.43. The predicted octanol–water partition coefficient (Wildman–Crippen LogP) is 2.11. The number of thiazole rings is 1. The average molecular weight is 236 g/mol. The van der Waals surface area contributed by atoms with Gasteiger partial charge in [0.15, 0.2) is 10.7 Å². The van der Waals surface area contributed by atoms with Crippen molar-refractivity contribution in [2.24, 2.45) is 0 Å². The molecule has 1 N–H and O–H groups in total. The molecular weight excluding hydrogens is 233 g/mol. The van der Waals surface area contributed by atoms with Gasteiger partial charge in [0.05, 0.1) is 0 Å². The maximum absolute atomic E-state index is 12.5. The predicted molar refractivity (Wildman–Crippen MR) is 45.0 cm³/mol. The Balaban J connectivity index is 2.80. The van der Waals surface area contributed by atoms with Crippen molar-refractivity contribution in [1.82, 2.24) is 9.38 Å². The first kappa shape index (κ1) is 9.97. The minimum absolute atomic E-state index is 0.0136. The van der Waals surface area contributed by atoms with E-state index >= 15 is 0 Å². The van der Waals surface area contributed by atoms with E-state index < -0.39 is 22.7 Å². The Labute approximate surface area is 84.6 Å². The lowest BCUT2D eigenvalue weighted by Gasteiger charge is -2.05. The lowest BCUT2D eigenvalue weighted by molar-refractivity contribution is -0.142. The van der Waals surface area contributed by atoms with E-state index in [1.807, 2.05) is 0 Å². The number of alkyl halides is 3. The largest absolute Gasteiger partial charge is 0.477 e. The smallest absolute Gasteiger partial charge is 0.433 e. The van der Waals surface area contributed by atoms with Crippen molar-refractivity contribution >= 4 is 22.3 Å². The van der Waals surface area contributed by atoms with Gasteiger partial charge in [-0.05, 0) is 0 Å². The normalized spacial score (nSPS) is 12.2. The quantitative estimate of drug-likeness (QED) is 0.825. The first-order valence-corrected chi connectivity index (χ1v) is 4.49. The summed E-state index contributed by atoms with van der Waals surface area (Å²) < 4.78 is 38.4. The van der Waals surface area contributed by atoms with Crippen molar-refractivity contribution in [1.29, 1.82) is 0 Å². The average Bonchev–Trinajstić information content (AvgIpc) is 2.56. The first-order chi connectivity index (χ1) is 6.91. The van der Waals surface area contributed by atoms with Crippen LogP contribution in [-0.4, -0.2) is 20.5 Å². The lowest BCUT2D eigenvalue weighted by Crippen LogP contribution is -2.13. The van der Waals surface area contributed by atoms with E-state index in [-0.39, 0.29) is 4.96 Å². The molecule has 0 aliphatic heterocycles. The van der Waals surface area contributed by atoms with Gasteiger partial charge in [-0.25, -0.2) is 9.78 Å². The summed E-state index contributed by atoms with van der Waals surface area (Å²) in [7, 11) is 0. The van der Waals surface area contributed by atoms with Crippen molar-refractivity contribution in [3.63, 3.8) is 0 Å². The number of halogens is 3. The van der Waals surface area contributed by atoms with E-state index in [2.05, 4.69) is 4.98 Å². The molecule has 0 radical (unpaired) electrons. The lowest BCUT2D eigenvalue weighted by atomic mass is 10.3. The number of carboxylic acids is 1. The Bertz CT molecular complexity index is 528. The van der Waals surface area contributed by atoms with E-state index in [0.29, 0.717) is 11.3 Å². The molecule has 0 spiro atoms. The number of rotatable bonds is 1. The Kier molecular flexibility index (Phi) is 1.97. The molecule has 4 nitrogen and oxygen atoms in total. The summed E-state index contributed by atoms with van der Waals surface area (Å²) in [6, 6.07) is 0. The van der Waals surface area contributed by atoms with E-state index in [1.165, 1.54) is 6.20 Å². The second-order valence-corrected chi connectivity index (χ2v) is 3.64. The molecule has 0 bridgehead atoms. The topological polar surface area (TPSA) is 54.6 Å². The first-order valence-electron chi connectivity index (χ1n) is 3.67. The fourth-order valence-electron chi connectivity index (χ4n) is 1.19. The van der Waals surface area contributed by atoms with Crippen LogP contribution in [0.1, 0.15) is 15.4 Å². The molecule has 0 unspecified atom stereocenters. The third kappa shape index (κ3) is 1.46. The summed E-state index contributed by atoms with van der Waals surface area (Å²) >= 11 is 0.498. The van der Waals surface area contributed by atoms with Gasteiger partial charge in [-0.2, -0.15) is 13.2 Å². The van der Waals surface area contributed by atoms with Crippen LogP contribution < -0.4 is 0 Å². The minimum Gasteiger partial charge on any atom is -0.477 e. The SMILES string of the molecule is O=C(O)c1sc2nccn2c1C(F)(F)F. The number of hydrogen-bond donors (Lipinski definition) is 1. The Morgan fingerprint density at radius 1 is 1.53 bits per heavy atom. The molecule has 2 aromatic rings. The van der Waals surface area contributed by atoms with Crippen LogP contribution in [0, 0.1) is 0 Å². The maximum Gasteiger partial charge on any atom is 0.433 e. The number of carboxylic acid groups (broad SMARTS) is 1. The van der Waals surface area contributed by atoms with Crippen molar-refractivity contribution in [3.05, 3.63) is 23.0 Å². The third-order valence-electron chi connectivity index (χ3n) is 1.72. The Morgan fingerprint density at radius 3 is 2.73 bits per heavy atom. The zero-order valence-electron chi connectivity index (χ0n) is 6.95. The summed E-state index contributed by atoms with van der Waals surface area (Å²) in [5, 5.41) is 8.62. The van der Waals surface area contributed by atoms with Crippen molar-refractivity contribution in [2.45, 2.75) is 6.18 Å². The van der Waals surface area contributed by atoms with Gasteiger partial charge >= 0.3 is 12.1 Å². The van der Waals surface area contributed by atoms with Gasteiger partial charge < -0.3 is 5.11 Å². The zero-order valence-corrected chi connectivity index (χ0v) is 7.76. The van der Waals surface area contributed by atoms with E-state index in [0.717, 1.165) is 10.6 Å². The van der Waals surface area contributed by atoms with Crippen LogP contribution >= 0.6 is 11.3 Å². The van der Waals surface area contributed by atoms with Crippen LogP contribution in [0.3, 0.4) is 0 Å². The molecule has 0 amide bonds. The molecule has 0 saturated carbocycles. The van der Waals surface area contributed by atoms with Crippen LogP contribution in [0.2, 0.25) is 0 Å². The number of aromatic carboxylic acids is 1. The molecule has 0 aliphatic carbocycles.